The topological polar surface area (TPSA) is 91.4 Å². The molecule has 7 heteroatoms. The summed E-state index contributed by atoms with van der Waals surface area (Å²) in [6.45, 7) is 3.82. The number of anilines is 1. The fraction of sp³-hybridized carbons (Fsp3) is 0.222. The van der Waals surface area contributed by atoms with E-state index in [9.17, 15) is 14.4 Å². The van der Waals surface area contributed by atoms with Gasteiger partial charge in [-0.3, -0.25) is 24.8 Å². The average molecular weight is 338 g/mol. The first kappa shape index (κ1) is 16.8. The normalized spacial score (nSPS) is 17.0. The number of nitrogens with one attached hydrogen (secondary N) is 2. The van der Waals surface area contributed by atoms with Crippen molar-refractivity contribution in [3.05, 3.63) is 59.4 Å². The number of carbonyl (C=O) groups excluding carboxylic acids is 3. The number of hydrogen-bond acceptors (Lipinski definition) is 5. The molecule has 1 aromatic heterocycles. The lowest BCUT2D eigenvalue weighted by atomic mass is 10.1. The lowest BCUT2D eigenvalue weighted by Gasteiger charge is -2.17. The van der Waals surface area contributed by atoms with Crippen molar-refractivity contribution >= 4 is 23.4 Å². The number of pyridine rings is 1. The number of aryl methyl sites for hydroxylation is 2. The number of benzene rings is 1. The fourth-order valence-corrected chi connectivity index (χ4v) is 2.82. The molecule has 2 heterocycles. The van der Waals surface area contributed by atoms with E-state index in [2.05, 4.69) is 15.8 Å². The van der Waals surface area contributed by atoms with E-state index in [0.717, 1.165) is 16.0 Å². The summed E-state index contributed by atoms with van der Waals surface area (Å²) in [4.78, 5) is 41.9. The summed E-state index contributed by atoms with van der Waals surface area (Å²) in [5.74, 6) is -1.08. The predicted octanol–water partition coefficient (Wildman–Crippen LogP) is 1.26. The van der Waals surface area contributed by atoms with Crippen LogP contribution in [0.3, 0.4) is 0 Å². The highest BCUT2D eigenvalue weighted by Crippen LogP contribution is 2.25. The van der Waals surface area contributed by atoms with Crippen molar-refractivity contribution in [2.45, 2.75) is 26.3 Å². The molecule has 0 radical (unpaired) electrons. The van der Waals surface area contributed by atoms with Crippen molar-refractivity contribution in [3.63, 3.8) is 0 Å². The van der Waals surface area contributed by atoms with Gasteiger partial charge in [-0.1, -0.05) is 6.07 Å². The van der Waals surface area contributed by atoms with E-state index in [-0.39, 0.29) is 18.2 Å². The number of hydrogen-bond donors (Lipinski definition) is 2. The van der Waals surface area contributed by atoms with Gasteiger partial charge in [0.1, 0.15) is 6.04 Å². The monoisotopic (exact) mass is 338 g/mol. The van der Waals surface area contributed by atoms with E-state index in [1.807, 2.05) is 19.9 Å². The van der Waals surface area contributed by atoms with E-state index in [1.165, 1.54) is 12.4 Å². The van der Waals surface area contributed by atoms with Gasteiger partial charge in [-0.2, -0.15) is 0 Å². The molecule has 1 saturated heterocycles. The summed E-state index contributed by atoms with van der Waals surface area (Å²) >= 11 is 0. The number of aromatic nitrogens is 1. The van der Waals surface area contributed by atoms with Gasteiger partial charge >= 0.3 is 0 Å². The zero-order chi connectivity index (χ0) is 18.0. The number of hydrazine groups is 1. The second kappa shape index (κ2) is 6.82. The van der Waals surface area contributed by atoms with Gasteiger partial charge in [0.2, 0.25) is 5.91 Å². The van der Waals surface area contributed by atoms with Crippen LogP contribution in [0.2, 0.25) is 0 Å². The third-order valence-electron chi connectivity index (χ3n) is 3.91. The standard InChI is InChI=1S/C18H18N4O3/c1-11-7-12(2)9-14(8-11)22-16(23)10-15(18(22)25)20-21-17(24)13-3-5-19-6-4-13/h3-9,15,20H,10H2,1-2H3,(H,21,24). The summed E-state index contributed by atoms with van der Waals surface area (Å²) in [7, 11) is 0. The first-order chi connectivity index (χ1) is 12.0. The minimum absolute atomic E-state index is 0.0115. The van der Waals surface area contributed by atoms with Crippen molar-refractivity contribution < 1.29 is 14.4 Å². The largest absolute Gasteiger partial charge is 0.287 e. The van der Waals surface area contributed by atoms with Crippen molar-refractivity contribution in [2.75, 3.05) is 4.90 Å². The van der Waals surface area contributed by atoms with Crippen LogP contribution >= 0.6 is 0 Å². The third kappa shape index (κ3) is 3.56. The minimum atomic E-state index is -0.792. The Hall–Kier alpha value is -3.06. The molecule has 0 spiro atoms. The van der Waals surface area contributed by atoms with Gasteiger partial charge in [0.15, 0.2) is 0 Å². The maximum atomic E-state index is 12.6. The molecule has 7 nitrogen and oxygen atoms in total. The molecule has 1 aromatic carbocycles. The average Bonchev–Trinajstić information content (AvgIpc) is 2.86. The van der Waals surface area contributed by atoms with Gasteiger partial charge in [-0.15, -0.1) is 0 Å². The van der Waals surface area contributed by atoms with Crippen LogP contribution < -0.4 is 15.8 Å². The summed E-state index contributed by atoms with van der Waals surface area (Å²) in [5, 5.41) is 0. The minimum Gasteiger partial charge on any atom is -0.287 e. The molecule has 2 N–H and O–H groups in total. The van der Waals surface area contributed by atoms with Gasteiger partial charge < -0.3 is 0 Å². The first-order valence-corrected chi connectivity index (χ1v) is 7.86. The predicted molar refractivity (Wildman–Crippen MR) is 91.7 cm³/mol. The molecule has 0 bridgehead atoms. The zero-order valence-electron chi connectivity index (χ0n) is 13.9. The number of nitrogens with zero attached hydrogens (tertiary/aromatic N) is 2. The number of rotatable bonds is 4. The van der Waals surface area contributed by atoms with Crippen molar-refractivity contribution in [3.8, 4) is 0 Å². The molecule has 1 fully saturated rings. The summed E-state index contributed by atoms with van der Waals surface area (Å²) < 4.78 is 0. The second-order valence-corrected chi connectivity index (χ2v) is 6.00. The van der Waals surface area contributed by atoms with Crippen LogP contribution in [0, 0.1) is 13.8 Å². The molecular formula is C18H18N4O3. The van der Waals surface area contributed by atoms with Crippen molar-refractivity contribution in [1.29, 1.82) is 0 Å². The Morgan fingerprint density at radius 1 is 1.12 bits per heavy atom. The van der Waals surface area contributed by atoms with Crippen LogP contribution in [0.4, 0.5) is 5.69 Å². The number of imide groups is 1. The zero-order valence-corrected chi connectivity index (χ0v) is 13.9. The Kier molecular flexibility index (Phi) is 4.58. The van der Waals surface area contributed by atoms with Crippen LogP contribution in [-0.2, 0) is 9.59 Å². The molecule has 1 aliphatic heterocycles. The second-order valence-electron chi connectivity index (χ2n) is 6.00. The SMILES string of the molecule is Cc1cc(C)cc(N2C(=O)CC(NNC(=O)c3ccncc3)C2=O)c1. The van der Waals surface area contributed by atoms with Crippen LogP contribution in [0.1, 0.15) is 27.9 Å². The molecule has 3 rings (SSSR count). The van der Waals surface area contributed by atoms with E-state index in [0.29, 0.717) is 11.3 Å². The molecule has 1 aliphatic rings. The van der Waals surface area contributed by atoms with Crippen LogP contribution in [0.5, 0.6) is 0 Å². The van der Waals surface area contributed by atoms with Gasteiger partial charge in [-0.25, -0.2) is 10.3 Å². The molecule has 0 saturated carbocycles. The summed E-state index contributed by atoms with van der Waals surface area (Å²) in [5.41, 5.74) is 8.03. The smallest absolute Gasteiger partial charge is 0.265 e. The molecule has 2 aromatic rings. The summed E-state index contributed by atoms with van der Waals surface area (Å²) in [6, 6.07) is 7.88. The molecule has 1 atom stereocenters. The maximum absolute atomic E-state index is 12.6. The highest BCUT2D eigenvalue weighted by Gasteiger charge is 2.39. The lowest BCUT2D eigenvalue weighted by Crippen LogP contribution is -2.48. The maximum Gasteiger partial charge on any atom is 0.265 e. The van der Waals surface area contributed by atoms with Gasteiger partial charge in [-0.05, 0) is 49.2 Å². The number of amides is 3. The quantitative estimate of drug-likeness (QED) is 0.647. The van der Waals surface area contributed by atoms with E-state index < -0.39 is 11.9 Å². The Balaban J connectivity index is 1.70. The Bertz CT molecular complexity index is 815. The van der Waals surface area contributed by atoms with Gasteiger partial charge in [0.25, 0.3) is 11.8 Å². The van der Waals surface area contributed by atoms with E-state index in [4.69, 9.17) is 0 Å². The molecule has 0 aliphatic carbocycles. The highest BCUT2D eigenvalue weighted by atomic mass is 16.2. The molecule has 128 valence electrons. The van der Waals surface area contributed by atoms with Crippen molar-refractivity contribution in [1.82, 2.24) is 15.8 Å². The number of carbonyl (C=O) groups is 3. The highest BCUT2D eigenvalue weighted by molar-refractivity contribution is 6.22. The molecular weight excluding hydrogens is 320 g/mol. The summed E-state index contributed by atoms with van der Waals surface area (Å²) in [6.07, 6.45) is 2.99. The van der Waals surface area contributed by atoms with E-state index >= 15 is 0 Å². The van der Waals surface area contributed by atoms with Crippen LogP contribution in [0.15, 0.2) is 42.7 Å². The molecule has 3 amide bonds. The third-order valence-corrected chi connectivity index (χ3v) is 3.91. The fourth-order valence-electron chi connectivity index (χ4n) is 2.82. The van der Waals surface area contributed by atoms with Crippen LogP contribution in [-0.4, -0.2) is 28.7 Å². The Labute approximate surface area is 145 Å². The Morgan fingerprint density at radius 2 is 1.76 bits per heavy atom. The van der Waals surface area contributed by atoms with E-state index in [1.54, 1.807) is 24.3 Å². The molecule has 1 unspecified atom stereocenters. The van der Waals surface area contributed by atoms with Gasteiger partial charge in [0, 0.05) is 18.0 Å². The molecule has 25 heavy (non-hydrogen) atoms. The first-order valence-electron chi connectivity index (χ1n) is 7.86. The van der Waals surface area contributed by atoms with Crippen LogP contribution in [0.25, 0.3) is 0 Å². The lowest BCUT2D eigenvalue weighted by molar-refractivity contribution is -0.121. The van der Waals surface area contributed by atoms with Crippen molar-refractivity contribution in [2.24, 2.45) is 0 Å². The Morgan fingerprint density at radius 3 is 2.40 bits per heavy atom. The van der Waals surface area contributed by atoms with Gasteiger partial charge in [0.05, 0.1) is 12.1 Å².